The zero-order chi connectivity index (χ0) is 19.7. The van der Waals surface area contributed by atoms with Crippen molar-refractivity contribution in [3.63, 3.8) is 0 Å². The SMILES string of the molecule is Cc1ccc(C(=O)C(Nc2cccc(C)c2)c2c[nH]c3ccc(C)cc23)cc1. The molecule has 0 aliphatic rings. The topological polar surface area (TPSA) is 44.9 Å². The van der Waals surface area contributed by atoms with Crippen molar-refractivity contribution in [2.24, 2.45) is 0 Å². The summed E-state index contributed by atoms with van der Waals surface area (Å²) in [5.74, 6) is 0.0592. The number of ketones is 1. The van der Waals surface area contributed by atoms with Crippen molar-refractivity contribution in [3.05, 3.63) is 101 Å². The molecule has 3 aromatic carbocycles. The number of H-pyrrole nitrogens is 1. The molecule has 0 aliphatic heterocycles. The summed E-state index contributed by atoms with van der Waals surface area (Å²) in [7, 11) is 0. The molecule has 1 unspecified atom stereocenters. The molecule has 2 N–H and O–H groups in total. The molecule has 1 atom stereocenters. The molecule has 0 amide bonds. The number of hydrogen-bond donors (Lipinski definition) is 2. The van der Waals surface area contributed by atoms with E-state index in [1.165, 1.54) is 5.56 Å². The Morgan fingerprint density at radius 2 is 1.57 bits per heavy atom. The largest absolute Gasteiger partial charge is 0.371 e. The number of fused-ring (bicyclic) bond motifs is 1. The van der Waals surface area contributed by atoms with Crippen molar-refractivity contribution in [2.45, 2.75) is 26.8 Å². The second-order valence-electron chi connectivity index (χ2n) is 7.47. The summed E-state index contributed by atoms with van der Waals surface area (Å²) >= 11 is 0. The van der Waals surface area contributed by atoms with Gasteiger partial charge in [0, 0.05) is 33.9 Å². The van der Waals surface area contributed by atoms with Crippen molar-refractivity contribution in [1.29, 1.82) is 0 Å². The molecular formula is C25H24N2O. The lowest BCUT2D eigenvalue weighted by molar-refractivity contribution is 0.0970. The maximum absolute atomic E-state index is 13.5. The van der Waals surface area contributed by atoms with Gasteiger partial charge in [-0.3, -0.25) is 4.79 Å². The fourth-order valence-electron chi connectivity index (χ4n) is 3.57. The zero-order valence-electron chi connectivity index (χ0n) is 16.4. The standard InChI is InChI=1S/C25H24N2O/c1-16-7-10-19(11-8-16)25(28)24(27-20-6-4-5-17(2)13-20)22-15-26-23-12-9-18(3)14-21(22)23/h4-15,24,26-27H,1-3H3. The lowest BCUT2D eigenvalue weighted by Gasteiger charge is -2.19. The Morgan fingerprint density at radius 1 is 0.857 bits per heavy atom. The summed E-state index contributed by atoms with van der Waals surface area (Å²) < 4.78 is 0. The molecule has 0 fully saturated rings. The Bertz CT molecular complexity index is 1140. The van der Waals surface area contributed by atoms with Crippen LogP contribution < -0.4 is 5.32 Å². The van der Waals surface area contributed by atoms with E-state index >= 15 is 0 Å². The van der Waals surface area contributed by atoms with E-state index in [4.69, 9.17) is 0 Å². The number of nitrogens with one attached hydrogen (secondary N) is 2. The van der Waals surface area contributed by atoms with Gasteiger partial charge in [0.2, 0.25) is 0 Å². The minimum atomic E-state index is -0.472. The van der Waals surface area contributed by atoms with E-state index in [2.05, 4.69) is 54.5 Å². The molecular weight excluding hydrogens is 344 g/mol. The van der Waals surface area contributed by atoms with Gasteiger partial charge in [-0.05, 0) is 50.6 Å². The average molecular weight is 368 g/mol. The van der Waals surface area contributed by atoms with Crippen molar-refractivity contribution in [1.82, 2.24) is 4.98 Å². The molecule has 0 saturated carbocycles. The highest BCUT2D eigenvalue weighted by molar-refractivity contribution is 6.04. The van der Waals surface area contributed by atoms with Crippen LogP contribution in [0, 0.1) is 20.8 Å². The quantitative estimate of drug-likeness (QED) is 0.416. The van der Waals surface area contributed by atoms with Gasteiger partial charge >= 0.3 is 0 Å². The van der Waals surface area contributed by atoms with Crippen LogP contribution in [0.4, 0.5) is 5.69 Å². The first-order chi connectivity index (χ1) is 13.5. The fraction of sp³-hybridized carbons (Fsp3) is 0.160. The molecule has 0 saturated heterocycles. The van der Waals surface area contributed by atoms with Crippen LogP contribution in [0.15, 0.2) is 72.9 Å². The number of hydrogen-bond acceptors (Lipinski definition) is 2. The third-order valence-electron chi connectivity index (χ3n) is 5.11. The van der Waals surface area contributed by atoms with Crippen LogP contribution in [-0.2, 0) is 0 Å². The van der Waals surface area contributed by atoms with E-state index in [0.29, 0.717) is 5.56 Å². The minimum absolute atomic E-state index is 0.0592. The highest BCUT2D eigenvalue weighted by Crippen LogP contribution is 2.30. The highest BCUT2D eigenvalue weighted by atomic mass is 16.1. The first kappa shape index (κ1) is 18.1. The van der Waals surface area contributed by atoms with Gasteiger partial charge in [-0.2, -0.15) is 0 Å². The van der Waals surface area contributed by atoms with Crippen LogP contribution in [0.5, 0.6) is 0 Å². The number of rotatable bonds is 5. The van der Waals surface area contributed by atoms with Gasteiger partial charge < -0.3 is 10.3 Å². The monoisotopic (exact) mass is 368 g/mol. The molecule has 4 aromatic rings. The van der Waals surface area contributed by atoms with E-state index in [1.54, 1.807) is 0 Å². The Balaban J connectivity index is 1.81. The van der Waals surface area contributed by atoms with Crippen molar-refractivity contribution in [2.75, 3.05) is 5.32 Å². The van der Waals surface area contributed by atoms with Crippen LogP contribution in [0.3, 0.4) is 0 Å². The van der Waals surface area contributed by atoms with Gasteiger partial charge in [0.15, 0.2) is 5.78 Å². The van der Waals surface area contributed by atoms with Gasteiger partial charge in [0.05, 0.1) is 0 Å². The van der Waals surface area contributed by atoms with Gasteiger partial charge in [-0.1, -0.05) is 53.6 Å². The maximum Gasteiger partial charge on any atom is 0.189 e. The number of aromatic amines is 1. The molecule has 4 rings (SSSR count). The molecule has 3 heteroatoms. The molecule has 3 nitrogen and oxygen atoms in total. The number of Topliss-reactive ketones (excluding diaryl/α,β-unsaturated/α-hetero) is 1. The molecule has 0 spiro atoms. The van der Waals surface area contributed by atoms with Gasteiger partial charge in [0.1, 0.15) is 6.04 Å². The zero-order valence-corrected chi connectivity index (χ0v) is 16.4. The highest BCUT2D eigenvalue weighted by Gasteiger charge is 2.25. The van der Waals surface area contributed by atoms with E-state index in [0.717, 1.165) is 33.3 Å². The predicted octanol–water partition coefficient (Wildman–Crippen LogP) is 6.13. The van der Waals surface area contributed by atoms with Crippen LogP contribution in [0.25, 0.3) is 10.9 Å². The van der Waals surface area contributed by atoms with Crippen LogP contribution in [0.2, 0.25) is 0 Å². The summed E-state index contributed by atoms with van der Waals surface area (Å²) in [6.07, 6.45) is 1.95. The summed E-state index contributed by atoms with van der Waals surface area (Å²) in [4.78, 5) is 16.8. The van der Waals surface area contributed by atoms with Crippen LogP contribution >= 0.6 is 0 Å². The predicted molar refractivity (Wildman–Crippen MR) is 116 cm³/mol. The van der Waals surface area contributed by atoms with E-state index < -0.39 is 6.04 Å². The second-order valence-corrected chi connectivity index (χ2v) is 7.47. The molecule has 1 aromatic heterocycles. The van der Waals surface area contributed by atoms with Crippen LogP contribution in [-0.4, -0.2) is 10.8 Å². The Hall–Kier alpha value is -3.33. The molecule has 0 radical (unpaired) electrons. The summed E-state index contributed by atoms with van der Waals surface area (Å²) in [5, 5.41) is 4.55. The smallest absolute Gasteiger partial charge is 0.189 e. The fourth-order valence-corrected chi connectivity index (χ4v) is 3.57. The van der Waals surface area contributed by atoms with E-state index in [9.17, 15) is 4.79 Å². The summed E-state index contributed by atoms with van der Waals surface area (Å²) in [6, 6.07) is 21.7. The molecule has 140 valence electrons. The number of aryl methyl sites for hydroxylation is 3. The molecule has 0 bridgehead atoms. The number of benzene rings is 3. The maximum atomic E-state index is 13.5. The molecule has 28 heavy (non-hydrogen) atoms. The van der Waals surface area contributed by atoms with Gasteiger partial charge in [0.25, 0.3) is 0 Å². The first-order valence-electron chi connectivity index (χ1n) is 9.53. The van der Waals surface area contributed by atoms with Gasteiger partial charge in [-0.25, -0.2) is 0 Å². The first-order valence-corrected chi connectivity index (χ1v) is 9.53. The number of anilines is 1. The van der Waals surface area contributed by atoms with E-state index in [-0.39, 0.29) is 5.78 Å². The normalized spacial score (nSPS) is 12.1. The Kier molecular flexibility index (Phi) is 4.74. The summed E-state index contributed by atoms with van der Waals surface area (Å²) in [6.45, 7) is 6.15. The second kappa shape index (κ2) is 7.35. The third kappa shape index (κ3) is 3.56. The molecule has 1 heterocycles. The van der Waals surface area contributed by atoms with Crippen molar-refractivity contribution >= 4 is 22.4 Å². The Morgan fingerprint density at radius 3 is 2.32 bits per heavy atom. The number of carbonyl (C=O) groups excluding carboxylic acids is 1. The lowest BCUT2D eigenvalue weighted by Crippen LogP contribution is -2.21. The van der Waals surface area contributed by atoms with Gasteiger partial charge in [-0.15, -0.1) is 0 Å². The Labute approximate surface area is 165 Å². The minimum Gasteiger partial charge on any atom is -0.371 e. The number of aromatic nitrogens is 1. The summed E-state index contributed by atoms with van der Waals surface area (Å²) in [5.41, 5.74) is 7.11. The van der Waals surface area contributed by atoms with E-state index in [1.807, 2.05) is 49.5 Å². The van der Waals surface area contributed by atoms with Crippen LogP contribution in [0.1, 0.15) is 38.7 Å². The van der Waals surface area contributed by atoms with Crippen molar-refractivity contribution in [3.8, 4) is 0 Å². The average Bonchev–Trinajstić information content (AvgIpc) is 3.09. The molecule has 0 aliphatic carbocycles. The van der Waals surface area contributed by atoms with Crippen molar-refractivity contribution < 1.29 is 4.79 Å². The third-order valence-corrected chi connectivity index (χ3v) is 5.11. The lowest BCUT2D eigenvalue weighted by atomic mass is 9.95. The number of carbonyl (C=O) groups is 1.